The molecule has 1 aliphatic rings. The van der Waals surface area contributed by atoms with Crippen molar-refractivity contribution >= 4 is 11.8 Å². The SMILES string of the molecule is CC1OCCC1C(=O)c1c[nH]c(C(=O)O)c1. The predicted octanol–water partition coefficient (Wildman–Crippen LogP) is 1.32. The first-order valence-electron chi connectivity index (χ1n) is 5.17. The first-order valence-corrected chi connectivity index (χ1v) is 5.17. The Morgan fingerprint density at radius 1 is 1.56 bits per heavy atom. The molecule has 0 aliphatic carbocycles. The molecule has 1 aromatic rings. The van der Waals surface area contributed by atoms with E-state index in [1.165, 1.54) is 12.3 Å². The van der Waals surface area contributed by atoms with Gasteiger partial charge in [0.25, 0.3) is 0 Å². The molecule has 0 spiro atoms. The summed E-state index contributed by atoms with van der Waals surface area (Å²) in [6, 6.07) is 1.37. The highest BCUT2D eigenvalue weighted by atomic mass is 16.5. The highest BCUT2D eigenvalue weighted by molar-refractivity contribution is 6.00. The molecule has 2 heterocycles. The Kier molecular flexibility index (Phi) is 2.78. The Balaban J connectivity index is 2.17. The molecule has 5 heteroatoms. The molecule has 1 fully saturated rings. The molecule has 2 N–H and O–H groups in total. The number of carbonyl (C=O) groups excluding carboxylic acids is 1. The smallest absolute Gasteiger partial charge is 0.352 e. The number of carbonyl (C=O) groups is 2. The number of carboxylic acids is 1. The monoisotopic (exact) mass is 223 g/mol. The van der Waals surface area contributed by atoms with Gasteiger partial charge in [0.15, 0.2) is 5.78 Å². The number of Topliss-reactive ketones (excluding diaryl/α,β-unsaturated/α-hetero) is 1. The zero-order valence-electron chi connectivity index (χ0n) is 8.90. The molecule has 0 radical (unpaired) electrons. The van der Waals surface area contributed by atoms with Crippen molar-refractivity contribution in [3.8, 4) is 0 Å². The van der Waals surface area contributed by atoms with Crippen molar-refractivity contribution in [2.45, 2.75) is 19.4 Å². The average molecular weight is 223 g/mol. The van der Waals surface area contributed by atoms with E-state index in [1.807, 2.05) is 6.92 Å². The summed E-state index contributed by atoms with van der Waals surface area (Å²) in [5, 5.41) is 8.73. The summed E-state index contributed by atoms with van der Waals surface area (Å²) in [6.45, 7) is 2.45. The molecule has 1 aromatic heterocycles. The van der Waals surface area contributed by atoms with E-state index in [4.69, 9.17) is 9.84 Å². The minimum Gasteiger partial charge on any atom is -0.477 e. The number of hydrogen-bond acceptors (Lipinski definition) is 3. The maximum absolute atomic E-state index is 12.0. The number of ether oxygens (including phenoxy) is 1. The lowest BCUT2D eigenvalue weighted by molar-refractivity contribution is 0.0691. The summed E-state index contributed by atoms with van der Waals surface area (Å²) < 4.78 is 5.31. The van der Waals surface area contributed by atoms with Crippen LogP contribution in [0.5, 0.6) is 0 Å². The lowest BCUT2D eigenvalue weighted by atomic mass is 9.94. The van der Waals surface area contributed by atoms with E-state index in [0.717, 1.165) is 0 Å². The Hall–Kier alpha value is -1.62. The Bertz CT molecular complexity index is 423. The van der Waals surface area contributed by atoms with Crippen molar-refractivity contribution in [3.05, 3.63) is 23.5 Å². The normalized spacial score (nSPS) is 24.6. The number of nitrogens with one attached hydrogen (secondary N) is 1. The Labute approximate surface area is 92.4 Å². The van der Waals surface area contributed by atoms with Gasteiger partial charge in [-0.1, -0.05) is 0 Å². The van der Waals surface area contributed by atoms with Gasteiger partial charge < -0.3 is 14.8 Å². The van der Waals surface area contributed by atoms with Crippen LogP contribution >= 0.6 is 0 Å². The van der Waals surface area contributed by atoms with Crippen molar-refractivity contribution in [2.24, 2.45) is 5.92 Å². The number of aromatic carboxylic acids is 1. The summed E-state index contributed by atoms with van der Waals surface area (Å²) in [7, 11) is 0. The van der Waals surface area contributed by atoms with E-state index in [1.54, 1.807) is 0 Å². The van der Waals surface area contributed by atoms with Crippen LogP contribution < -0.4 is 0 Å². The van der Waals surface area contributed by atoms with Crippen molar-refractivity contribution in [1.29, 1.82) is 0 Å². The molecular weight excluding hydrogens is 210 g/mol. The van der Waals surface area contributed by atoms with E-state index < -0.39 is 5.97 Å². The summed E-state index contributed by atoms with van der Waals surface area (Å²) >= 11 is 0. The topological polar surface area (TPSA) is 79.4 Å². The van der Waals surface area contributed by atoms with Gasteiger partial charge in [-0.3, -0.25) is 4.79 Å². The molecule has 0 saturated carbocycles. The average Bonchev–Trinajstić information content (AvgIpc) is 2.84. The van der Waals surface area contributed by atoms with Crippen molar-refractivity contribution in [2.75, 3.05) is 6.61 Å². The van der Waals surface area contributed by atoms with E-state index >= 15 is 0 Å². The third-order valence-electron chi connectivity index (χ3n) is 2.91. The van der Waals surface area contributed by atoms with E-state index in [2.05, 4.69) is 4.98 Å². The van der Waals surface area contributed by atoms with Crippen LogP contribution in [0.3, 0.4) is 0 Å². The molecule has 2 atom stereocenters. The second-order valence-corrected chi connectivity index (χ2v) is 3.94. The third kappa shape index (κ3) is 1.86. The summed E-state index contributed by atoms with van der Waals surface area (Å²) in [4.78, 5) is 25.2. The molecule has 2 unspecified atom stereocenters. The number of aromatic amines is 1. The molecule has 16 heavy (non-hydrogen) atoms. The molecule has 0 bridgehead atoms. The zero-order valence-corrected chi connectivity index (χ0v) is 8.90. The highest BCUT2D eigenvalue weighted by Crippen LogP contribution is 2.24. The fourth-order valence-corrected chi connectivity index (χ4v) is 1.95. The van der Waals surface area contributed by atoms with Gasteiger partial charge >= 0.3 is 5.97 Å². The van der Waals surface area contributed by atoms with E-state index in [0.29, 0.717) is 18.6 Å². The van der Waals surface area contributed by atoms with Crippen LogP contribution in [0, 0.1) is 5.92 Å². The molecule has 5 nitrogen and oxygen atoms in total. The van der Waals surface area contributed by atoms with Gasteiger partial charge in [-0.2, -0.15) is 0 Å². The number of carboxylic acid groups (broad SMARTS) is 1. The number of ketones is 1. The maximum atomic E-state index is 12.0. The quantitative estimate of drug-likeness (QED) is 0.757. The third-order valence-corrected chi connectivity index (χ3v) is 2.91. The van der Waals surface area contributed by atoms with Crippen LogP contribution in [0.15, 0.2) is 12.3 Å². The van der Waals surface area contributed by atoms with E-state index in [-0.39, 0.29) is 23.5 Å². The standard InChI is InChI=1S/C11H13NO4/c1-6-8(2-3-16-6)10(13)7-4-9(11(14)15)12-5-7/h4-6,8,12H,2-3H2,1H3,(H,14,15). The summed E-state index contributed by atoms with van der Waals surface area (Å²) in [6.07, 6.45) is 2.06. The van der Waals surface area contributed by atoms with Crippen molar-refractivity contribution < 1.29 is 19.4 Å². The van der Waals surface area contributed by atoms with Crippen LogP contribution in [-0.2, 0) is 4.74 Å². The minimum absolute atomic E-state index is 0.0370. The first kappa shape index (κ1) is 10.9. The van der Waals surface area contributed by atoms with Crippen LogP contribution in [0.25, 0.3) is 0 Å². The van der Waals surface area contributed by atoms with Crippen LogP contribution in [0.1, 0.15) is 34.2 Å². The molecular formula is C11H13NO4. The van der Waals surface area contributed by atoms with Gasteiger partial charge in [0.2, 0.25) is 0 Å². The van der Waals surface area contributed by atoms with Crippen LogP contribution in [0.2, 0.25) is 0 Å². The first-order chi connectivity index (χ1) is 7.59. The Morgan fingerprint density at radius 2 is 2.31 bits per heavy atom. The van der Waals surface area contributed by atoms with Gasteiger partial charge in [0.05, 0.1) is 12.0 Å². The lowest BCUT2D eigenvalue weighted by Crippen LogP contribution is -2.21. The lowest BCUT2D eigenvalue weighted by Gasteiger charge is -2.10. The van der Waals surface area contributed by atoms with Gasteiger partial charge in [0, 0.05) is 18.4 Å². The van der Waals surface area contributed by atoms with Crippen molar-refractivity contribution in [3.63, 3.8) is 0 Å². The molecule has 86 valence electrons. The number of H-pyrrole nitrogens is 1. The highest BCUT2D eigenvalue weighted by Gasteiger charge is 2.31. The number of hydrogen-bond donors (Lipinski definition) is 2. The van der Waals surface area contributed by atoms with Gasteiger partial charge in [0.1, 0.15) is 5.69 Å². The molecule has 2 rings (SSSR count). The fourth-order valence-electron chi connectivity index (χ4n) is 1.95. The summed E-state index contributed by atoms with van der Waals surface area (Å²) in [5.41, 5.74) is 0.453. The molecule has 1 aliphatic heterocycles. The maximum Gasteiger partial charge on any atom is 0.352 e. The summed E-state index contributed by atoms with van der Waals surface area (Å²) in [5.74, 6) is -1.26. The fraction of sp³-hybridized carbons (Fsp3) is 0.455. The van der Waals surface area contributed by atoms with Gasteiger partial charge in [-0.15, -0.1) is 0 Å². The zero-order chi connectivity index (χ0) is 11.7. The second kappa shape index (κ2) is 4.09. The number of aromatic nitrogens is 1. The van der Waals surface area contributed by atoms with Crippen molar-refractivity contribution in [1.82, 2.24) is 4.98 Å². The predicted molar refractivity (Wildman–Crippen MR) is 55.6 cm³/mol. The Morgan fingerprint density at radius 3 is 2.81 bits per heavy atom. The minimum atomic E-state index is -1.06. The molecule has 1 saturated heterocycles. The van der Waals surface area contributed by atoms with E-state index in [9.17, 15) is 9.59 Å². The number of rotatable bonds is 3. The molecule has 0 aromatic carbocycles. The second-order valence-electron chi connectivity index (χ2n) is 3.94. The van der Waals surface area contributed by atoms with Crippen LogP contribution in [0.4, 0.5) is 0 Å². The van der Waals surface area contributed by atoms with Gasteiger partial charge in [-0.05, 0) is 19.4 Å². The van der Waals surface area contributed by atoms with Crippen LogP contribution in [-0.4, -0.2) is 34.6 Å². The largest absolute Gasteiger partial charge is 0.477 e. The van der Waals surface area contributed by atoms with Gasteiger partial charge in [-0.25, -0.2) is 4.79 Å². The molecule has 0 amide bonds.